The van der Waals surface area contributed by atoms with E-state index >= 15 is 0 Å². The first kappa shape index (κ1) is 11.3. The Morgan fingerprint density at radius 3 is 2.17 bits per heavy atom. The molecule has 0 atom stereocenters. The van der Waals surface area contributed by atoms with Gasteiger partial charge in [-0.15, -0.1) is 0 Å². The zero-order valence-corrected chi connectivity index (χ0v) is 10.3. The Kier molecular flexibility index (Phi) is 2.78. The van der Waals surface area contributed by atoms with Gasteiger partial charge in [0.2, 0.25) is 11.8 Å². The van der Waals surface area contributed by atoms with Crippen LogP contribution in [0.1, 0.15) is 25.7 Å². The maximum Gasteiger partial charge on any atom is 0.234 e. The number of benzene rings is 1. The Morgan fingerprint density at radius 2 is 1.50 bits per heavy atom. The number of carbonyl (C=O) groups is 2. The molecule has 94 valence electrons. The standard InChI is InChI=1S/C14H16N2O2/c17-13-6-7-14(18)16(13)12-5-3-4-11(10-12)15-8-1-2-9-15/h3-5,10H,1-2,6-9H2. The topological polar surface area (TPSA) is 40.6 Å². The predicted octanol–water partition coefficient (Wildman–Crippen LogP) is 1.94. The molecule has 0 radical (unpaired) electrons. The van der Waals surface area contributed by atoms with Crippen molar-refractivity contribution in [3.8, 4) is 0 Å². The number of carbonyl (C=O) groups excluding carboxylic acids is 2. The Hall–Kier alpha value is -1.84. The van der Waals surface area contributed by atoms with E-state index in [-0.39, 0.29) is 11.8 Å². The highest BCUT2D eigenvalue weighted by Gasteiger charge is 2.30. The third kappa shape index (κ3) is 1.88. The van der Waals surface area contributed by atoms with Crippen molar-refractivity contribution >= 4 is 23.2 Å². The molecule has 2 fully saturated rings. The number of hydrogen-bond donors (Lipinski definition) is 0. The van der Waals surface area contributed by atoms with Crippen LogP contribution in [0.4, 0.5) is 11.4 Å². The first-order valence-electron chi connectivity index (χ1n) is 6.46. The van der Waals surface area contributed by atoms with Crippen molar-refractivity contribution in [2.24, 2.45) is 0 Å². The number of rotatable bonds is 2. The minimum Gasteiger partial charge on any atom is -0.371 e. The number of anilines is 2. The summed E-state index contributed by atoms with van der Waals surface area (Å²) < 4.78 is 0. The normalized spacial score (nSPS) is 20.0. The Morgan fingerprint density at radius 1 is 0.889 bits per heavy atom. The summed E-state index contributed by atoms with van der Waals surface area (Å²) in [5.41, 5.74) is 1.82. The van der Waals surface area contributed by atoms with Gasteiger partial charge in [-0.25, -0.2) is 0 Å². The molecule has 0 aromatic heterocycles. The van der Waals surface area contributed by atoms with Crippen LogP contribution in [-0.2, 0) is 9.59 Å². The van der Waals surface area contributed by atoms with Gasteiger partial charge < -0.3 is 4.90 Å². The molecule has 0 aliphatic carbocycles. The van der Waals surface area contributed by atoms with Crippen LogP contribution in [0.3, 0.4) is 0 Å². The molecule has 2 saturated heterocycles. The van der Waals surface area contributed by atoms with E-state index in [0.29, 0.717) is 18.5 Å². The summed E-state index contributed by atoms with van der Waals surface area (Å²) in [6, 6.07) is 7.74. The summed E-state index contributed by atoms with van der Waals surface area (Å²) in [6.07, 6.45) is 3.11. The molecule has 0 bridgehead atoms. The number of hydrogen-bond acceptors (Lipinski definition) is 3. The third-order valence-electron chi connectivity index (χ3n) is 3.61. The minimum absolute atomic E-state index is 0.0847. The second-order valence-electron chi connectivity index (χ2n) is 4.84. The summed E-state index contributed by atoms with van der Waals surface area (Å²) in [7, 11) is 0. The summed E-state index contributed by atoms with van der Waals surface area (Å²) in [5.74, 6) is -0.169. The zero-order valence-electron chi connectivity index (χ0n) is 10.3. The van der Waals surface area contributed by atoms with Crippen LogP contribution in [0.2, 0.25) is 0 Å². The lowest BCUT2D eigenvalue weighted by atomic mass is 10.2. The second-order valence-corrected chi connectivity index (χ2v) is 4.84. The molecule has 2 heterocycles. The van der Waals surface area contributed by atoms with E-state index in [1.54, 1.807) is 0 Å². The monoisotopic (exact) mass is 244 g/mol. The van der Waals surface area contributed by atoms with E-state index in [1.165, 1.54) is 17.7 Å². The molecule has 3 rings (SSSR count). The molecule has 2 aliphatic heterocycles. The summed E-state index contributed by atoms with van der Waals surface area (Å²) in [4.78, 5) is 27.0. The molecule has 2 amide bonds. The lowest BCUT2D eigenvalue weighted by Gasteiger charge is -2.20. The Bertz CT molecular complexity index is 476. The summed E-state index contributed by atoms with van der Waals surface area (Å²) >= 11 is 0. The van der Waals surface area contributed by atoms with Gasteiger partial charge in [0, 0.05) is 31.6 Å². The van der Waals surface area contributed by atoms with Gasteiger partial charge >= 0.3 is 0 Å². The fraction of sp³-hybridized carbons (Fsp3) is 0.429. The van der Waals surface area contributed by atoms with Crippen LogP contribution < -0.4 is 9.80 Å². The number of amides is 2. The van der Waals surface area contributed by atoms with E-state index in [4.69, 9.17) is 0 Å². The lowest BCUT2D eigenvalue weighted by Crippen LogP contribution is -2.28. The minimum atomic E-state index is -0.0847. The van der Waals surface area contributed by atoms with Crippen molar-refractivity contribution in [1.82, 2.24) is 0 Å². The van der Waals surface area contributed by atoms with Gasteiger partial charge in [-0.3, -0.25) is 14.5 Å². The molecule has 0 saturated carbocycles. The van der Waals surface area contributed by atoms with E-state index in [2.05, 4.69) is 4.90 Å². The average Bonchev–Trinajstić information content (AvgIpc) is 3.00. The van der Waals surface area contributed by atoms with Crippen molar-refractivity contribution in [2.45, 2.75) is 25.7 Å². The molecular weight excluding hydrogens is 228 g/mol. The largest absolute Gasteiger partial charge is 0.371 e. The quantitative estimate of drug-likeness (QED) is 0.746. The molecule has 0 spiro atoms. The zero-order chi connectivity index (χ0) is 12.5. The van der Waals surface area contributed by atoms with Gasteiger partial charge in [0.1, 0.15) is 0 Å². The maximum absolute atomic E-state index is 11.7. The van der Waals surface area contributed by atoms with Gasteiger partial charge in [-0.2, -0.15) is 0 Å². The van der Waals surface area contributed by atoms with Crippen LogP contribution >= 0.6 is 0 Å². The highest BCUT2D eigenvalue weighted by Crippen LogP contribution is 2.28. The van der Waals surface area contributed by atoms with E-state index in [0.717, 1.165) is 18.8 Å². The van der Waals surface area contributed by atoms with Gasteiger partial charge in [0.05, 0.1) is 5.69 Å². The predicted molar refractivity (Wildman–Crippen MR) is 69.6 cm³/mol. The van der Waals surface area contributed by atoms with E-state index in [9.17, 15) is 9.59 Å². The first-order chi connectivity index (χ1) is 8.75. The van der Waals surface area contributed by atoms with E-state index < -0.39 is 0 Å². The van der Waals surface area contributed by atoms with Crippen molar-refractivity contribution in [3.63, 3.8) is 0 Å². The lowest BCUT2D eigenvalue weighted by molar-refractivity contribution is -0.121. The fourth-order valence-corrected chi connectivity index (χ4v) is 2.67. The van der Waals surface area contributed by atoms with Crippen LogP contribution in [0.15, 0.2) is 24.3 Å². The third-order valence-corrected chi connectivity index (χ3v) is 3.61. The van der Waals surface area contributed by atoms with Crippen LogP contribution in [-0.4, -0.2) is 24.9 Å². The second kappa shape index (κ2) is 4.44. The Labute approximate surface area is 106 Å². The smallest absolute Gasteiger partial charge is 0.234 e. The van der Waals surface area contributed by atoms with Crippen LogP contribution in [0, 0.1) is 0 Å². The molecular formula is C14H16N2O2. The molecule has 2 aliphatic rings. The van der Waals surface area contributed by atoms with Crippen molar-refractivity contribution in [1.29, 1.82) is 0 Å². The molecule has 18 heavy (non-hydrogen) atoms. The molecule has 1 aromatic rings. The van der Waals surface area contributed by atoms with Crippen molar-refractivity contribution in [2.75, 3.05) is 22.9 Å². The van der Waals surface area contributed by atoms with Crippen LogP contribution in [0.25, 0.3) is 0 Å². The highest BCUT2D eigenvalue weighted by molar-refractivity contribution is 6.19. The molecule has 4 nitrogen and oxygen atoms in total. The van der Waals surface area contributed by atoms with Gasteiger partial charge in [0.15, 0.2) is 0 Å². The number of imide groups is 1. The van der Waals surface area contributed by atoms with E-state index in [1.807, 2.05) is 24.3 Å². The van der Waals surface area contributed by atoms with Gasteiger partial charge in [-0.05, 0) is 31.0 Å². The highest BCUT2D eigenvalue weighted by atomic mass is 16.2. The molecule has 1 aromatic carbocycles. The SMILES string of the molecule is O=C1CCC(=O)N1c1cccc(N2CCCC2)c1. The summed E-state index contributed by atoms with van der Waals surface area (Å²) in [5, 5.41) is 0. The molecule has 4 heteroatoms. The first-order valence-corrected chi connectivity index (χ1v) is 6.46. The maximum atomic E-state index is 11.7. The summed E-state index contributed by atoms with van der Waals surface area (Å²) in [6.45, 7) is 2.12. The Balaban J connectivity index is 1.90. The number of nitrogens with zero attached hydrogens (tertiary/aromatic N) is 2. The fourth-order valence-electron chi connectivity index (χ4n) is 2.67. The van der Waals surface area contributed by atoms with Crippen molar-refractivity contribution in [3.05, 3.63) is 24.3 Å². The van der Waals surface area contributed by atoms with Gasteiger partial charge in [-0.1, -0.05) is 6.07 Å². The average molecular weight is 244 g/mol. The van der Waals surface area contributed by atoms with Crippen LogP contribution in [0.5, 0.6) is 0 Å². The molecule has 0 N–H and O–H groups in total. The van der Waals surface area contributed by atoms with Gasteiger partial charge in [0.25, 0.3) is 0 Å². The molecule has 0 unspecified atom stereocenters. The van der Waals surface area contributed by atoms with Crippen molar-refractivity contribution < 1.29 is 9.59 Å².